The molecule has 8 rings (SSSR count). The average molecular weight is 956 g/mol. The molecule has 0 unspecified atom stereocenters. The molecule has 6 aromatic carbocycles. The first kappa shape index (κ1) is 46.1. The molecule has 68 heavy (non-hydrogen) atoms. The van der Waals surface area contributed by atoms with Crippen molar-refractivity contribution in [1.82, 2.24) is 9.55 Å². The summed E-state index contributed by atoms with van der Waals surface area (Å²) in [5, 5.41) is 37.8. The highest BCUT2D eigenvalue weighted by atomic mass is 35.5. The summed E-state index contributed by atoms with van der Waals surface area (Å²) in [4.78, 5) is 61.9. The van der Waals surface area contributed by atoms with E-state index >= 15 is 0 Å². The van der Waals surface area contributed by atoms with Crippen LogP contribution < -0.4 is 18.9 Å². The molecule has 0 spiro atoms. The number of benzene rings is 6. The Balaban J connectivity index is 1.47. The number of halogens is 2. The molecule has 1 aromatic heterocycles. The highest BCUT2D eigenvalue weighted by Crippen LogP contribution is 2.49. The van der Waals surface area contributed by atoms with Crippen LogP contribution in [0.5, 0.6) is 23.0 Å². The Morgan fingerprint density at radius 1 is 0.471 bits per heavy atom. The van der Waals surface area contributed by atoms with Gasteiger partial charge in [0, 0.05) is 33.4 Å². The average Bonchev–Trinajstić information content (AvgIpc) is 3.93. The summed E-state index contributed by atoms with van der Waals surface area (Å²) >= 11 is 14.3. The number of carbonyl (C=O) groups is 4. The lowest BCUT2D eigenvalue weighted by Crippen LogP contribution is -2.31. The van der Waals surface area contributed by atoms with Crippen molar-refractivity contribution < 1.29 is 58.6 Å². The van der Waals surface area contributed by atoms with E-state index in [-0.39, 0.29) is 33.8 Å². The monoisotopic (exact) mass is 954 g/mol. The number of aliphatic carboxylic acids is 4. The molecule has 0 bridgehead atoms. The van der Waals surface area contributed by atoms with Gasteiger partial charge in [-0.3, -0.25) is 4.57 Å². The molecule has 0 amide bonds. The second-order valence-electron chi connectivity index (χ2n) is 14.8. The number of hydrogen-bond donors (Lipinski definition) is 4. The van der Waals surface area contributed by atoms with Gasteiger partial charge in [0.05, 0.1) is 32.9 Å². The van der Waals surface area contributed by atoms with E-state index < -0.39 is 56.1 Å². The molecule has 18 heteroatoms. The third-order valence-electron chi connectivity index (χ3n) is 10.3. The van der Waals surface area contributed by atoms with E-state index in [2.05, 4.69) is 0 Å². The SMILES string of the molecule is O=C(O)COc1ccc(C2=NC(c3ccccc3Cl)(n3c(-c4ccccc4Cl)nc(-c4ccc(OCC(=O)O)cc4)c3-c3ccc(OCC(=O)O)cc3)N=C2c2ccc(OCC(=O)O)cc2)cc1. The van der Waals surface area contributed by atoms with E-state index in [9.17, 15) is 39.6 Å². The van der Waals surface area contributed by atoms with Crippen molar-refractivity contribution >= 4 is 58.5 Å². The van der Waals surface area contributed by atoms with Crippen LogP contribution in [0.4, 0.5) is 0 Å². The van der Waals surface area contributed by atoms with Crippen molar-refractivity contribution in [3.05, 3.63) is 172 Å². The van der Waals surface area contributed by atoms with Crippen LogP contribution in [-0.2, 0) is 25.0 Å². The lowest BCUT2D eigenvalue weighted by molar-refractivity contribution is -0.140. The van der Waals surface area contributed by atoms with E-state index in [1.165, 1.54) is 0 Å². The Kier molecular flexibility index (Phi) is 13.5. The Bertz CT molecular complexity index is 3020. The molecule has 1 aliphatic heterocycles. The summed E-state index contributed by atoms with van der Waals surface area (Å²) < 4.78 is 23.7. The van der Waals surface area contributed by atoms with Crippen LogP contribution in [0.2, 0.25) is 10.0 Å². The topological polar surface area (TPSA) is 229 Å². The first-order valence-electron chi connectivity index (χ1n) is 20.4. The lowest BCUT2D eigenvalue weighted by Gasteiger charge is -2.30. The summed E-state index contributed by atoms with van der Waals surface area (Å²) in [6, 6.07) is 40.6. The van der Waals surface area contributed by atoms with Gasteiger partial charge >= 0.3 is 23.9 Å². The Labute approximate surface area is 396 Å². The van der Waals surface area contributed by atoms with Crippen LogP contribution in [0, 0.1) is 0 Å². The first-order valence-corrected chi connectivity index (χ1v) is 21.2. The quantitative estimate of drug-likeness (QED) is 0.0595. The third kappa shape index (κ3) is 10.0. The third-order valence-corrected chi connectivity index (χ3v) is 10.9. The largest absolute Gasteiger partial charge is 0.482 e. The fourth-order valence-electron chi connectivity index (χ4n) is 7.35. The zero-order valence-electron chi connectivity index (χ0n) is 35.3. The zero-order chi connectivity index (χ0) is 48.0. The maximum atomic E-state index is 11.4. The normalized spacial score (nSPS) is 12.7. The second kappa shape index (κ2) is 20.0. The predicted octanol–water partition coefficient (Wildman–Crippen LogP) is 8.70. The van der Waals surface area contributed by atoms with Crippen LogP contribution in [0.3, 0.4) is 0 Å². The van der Waals surface area contributed by atoms with Crippen LogP contribution in [-0.4, -0.2) is 91.7 Å². The van der Waals surface area contributed by atoms with Crippen LogP contribution in [0.25, 0.3) is 33.9 Å². The van der Waals surface area contributed by atoms with E-state index in [1.54, 1.807) is 146 Å². The molecule has 0 saturated heterocycles. The van der Waals surface area contributed by atoms with E-state index in [0.29, 0.717) is 61.2 Å². The summed E-state index contributed by atoms with van der Waals surface area (Å²) in [6.07, 6.45) is 0. The zero-order valence-corrected chi connectivity index (χ0v) is 36.8. The highest BCUT2D eigenvalue weighted by Gasteiger charge is 2.46. The minimum atomic E-state index is -1.88. The second-order valence-corrected chi connectivity index (χ2v) is 15.6. The van der Waals surface area contributed by atoms with E-state index in [1.807, 2.05) is 4.57 Å². The number of aromatic nitrogens is 2. The van der Waals surface area contributed by atoms with Crippen LogP contribution in [0.15, 0.2) is 156 Å². The molecule has 342 valence electrons. The standard InChI is InChI=1S/C50H36Cl2N4O12/c51-39-7-3-1-5-37(39)49-53-47(31-13-21-35(22-14-31)67-27-43(61)62)48(32-15-23-36(24-16-32)68-28-44(63)64)56(49)50(38-6-2-4-8-40(38)52)54-45(29-9-17-33(18-10-29)65-25-41(57)58)46(55-50)30-11-19-34(20-12-30)66-26-42(59)60/h1-24H,25-28H2,(H,57,58)(H,59,60)(H,61,62)(H,63,64). The van der Waals surface area contributed by atoms with Gasteiger partial charge in [0.25, 0.3) is 5.79 Å². The summed E-state index contributed by atoms with van der Waals surface area (Å²) in [7, 11) is 0. The molecular formula is C50H36Cl2N4O12. The molecule has 4 N–H and O–H groups in total. The Morgan fingerprint density at radius 2 is 0.838 bits per heavy atom. The minimum Gasteiger partial charge on any atom is -0.482 e. The number of carboxylic acids is 4. The van der Waals surface area contributed by atoms with Gasteiger partial charge in [-0.15, -0.1) is 0 Å². The Hall–Kier alpha value is -8.47. The van der Waals surface area contributed by atoms with Gasteiger partial charge in [-0.1, -0.05) is 53.5 Å². The van der Waals surface area contributed by atoms with Gasteiger partial charge in [0.1, 0.15) is 28.8 Å². The molecule has 0 fully saturated rings. The number of ether oxygens (including phenoxy) is 4. The summed E-state index contributed by atoms with van der Waals surface area (Å²) in [5.74, 6) is -5.10. The molecule has 0 radical (unpaired) electrons. The number of hydrogen-bond acceptors (Lipinski definition) is 11. The van der Waals surface area contributed by atoms with Crippen molar-refractivity contribution in [3.8, 4) is 56.9 Å². The molecule has 16 nitrogen and oxygen atoms in total. The molecule has 2 heterocycles. The van der Waals surface area contributed by atoms with Gasteiger partial charge in [0.15, 0.2) is 26.4 Å². The summed E-state index contributed by atoms with van der Waals surface area (Å²) in [5.41, 5.74) is 4.51. The van der Waals surface area contributed by atoms with Crippen molar-refractivity contribution in [2.24, 2.45) is 9.98 Å². The van der Waals surface area contributed by atoms with Crippen molar-refractivity contribution in [2.75, 3.05) is 26.4 Å². The molecule has 1 aliphatic rings. The van der Waals surface area contributed by atoms with Crippen molar-refractivity contribution in [1.29, 1.82) is 0 Å². The Morgan fingerprint density at radius 3 is 1.24 bits per heavy atom. The van der Waals surface area contributed by atoms with Crippen LogP contribution in [0.1, 0.15) is 16.7 Å². The molecule has 0 aliphatic carbocycles. The minimum absolute atomic E-state index is 0.263. The maximum absolute atomic E-state index is 11.4. The lowest BCUT2D eigenvalue weighted by atomic mass is 10.00. The molecule has 0 saturated carbocycles. The van der Waals surface area contributed by atoms with Crippen LogP contribution >= 0.6 is 23.2 Å². The first-order chi connectivity index (χ1) is 32.8. The molecular weight excluding hydrogens is 919 g/mol. The van der Waals surface area contributed by atoms with E-state index in [4.69, 9.17) is 57.1 Å². The fraction of sp³-hybridized carbons (Fsp3) is 0.100. The van der Waals surface area contributed by atoms with Crippen molar-refractivity contribution in [2.45, 2.75) is 5.79 Å². The summed E-state index contributed by atoms with van der Waals surface area (Å²) in [6.45, 7) is -2.29. The van der Waals surface area contributed by atoms with E-state index in [0.717, 1.165) is 0 Å². The van der Waals surface area contributed by atoms with Gasteiger partial charge in [-0.05, 0) is 115 Å². The van der Waals surface area contributed by atoms with Gasteiger partial charge in [-0.2, -0.15) is 0 Å². The number of carboxylic acid groups (broad SMARTS) is 4. The smallest absolute Gasteiger partial charge is 0.341 e. The molecule has 7 aromatic rings. The maximum Gasteiger partial charge on any atom is 0.341 e. The number of imidazole rings is 1. The highest BCUT2D eigenvalue weighted by molar-refractivity contribution is 6.54. The fourth-order valence-corrected chi connectivity index (χ4v) is 7.83. The number of nitrogens with zero attached hydrogens (tertiary/aromatic N) is 4. The molecule has 0 atom stereocenters. The predicted molar refractivity (Wildman–Crippen MR) is 251 cm³/mol. The van der Waals surface area contributed by atoms with Gasteiger partial charge < -0.3 is 39.4 Å². The number of aliphatic imine (C=N–C) groups is 2. The van der Waals surface area contributed by atoms with Crippen molar-refractivity contribution in [3.63, 3.8) is 0 Å². The van der Waals surface area contributed by atoms with Gasteiger partial charge in [0.2, 0.25) is 0 Å². The number of rotatable bonds is 19. The van der Waals surface area contributed by atoms with Gasteiger partial charge in [-0.25, -0.2) is 34.1 Å².